The predicted octanol–water partition coefficient (Wildman–Crippen LogP) is -13.3. The van der Waals surface area contributed by atoms with Gasteiger partial charge < -0.3 is 192 Å². The summed E-state index contributed by atoms with van der Waals surface area (Å²) in [7, 11) is 0. The standard InChI is InChI=1S/C61H110N12O28S5/c74-23-31-37(80)39(82)43(86)51(94-31)70-60(105)66-11-17-73(18-12-67-61(106)71-52-44(87)40(83)38(81)32(24-75)95-52)14-8-63-57(102)62-7-13-72(15-9-64-58(103)68-21-29-27-5-1-3-19-92-53-47(90)41(84)49(33(25-76)98-53)100-55(96-29)45(88)35(27)78)16-10-65-59(104)69-22-30-28-6-2-4-20-93-54-48(91)42(85)50(34(26-77)99-54)101-56(97-30)46(89)36(28)79/h27-56,74-91H,1-26H2,(H2,62,63,102)(H2,64,68,103)(H2,65,69,104)(H2,66,70,105)(H2,67,71,106). The molecule has 14 aliphatic heterocycles. The summed E-state index contributed by atoms with van der Waals surface area (Å²) in [5, 5.41) is 223. The van der Waals surface area contributed by atoms with E-state index in [1.54, 1.807) is 0 Å². The predicted molar refractivity (Wildman–Crippen MR) is 387 cm³/mol. The fraction of sp³-hybridized carbons (Fsp3) is 0.918. The summed E-state index contributed by atoms with van der Waals surface area (Å²) in [6, 6.07) is 0. The largest absolute Gasteiger partial charge is 0.394 e. The highest BCUT2D eigenvalue weighted by atomic mass is 32.1. The smallest absolute Gasteiger partial charge is 0.186 e. The third kappa shape index (κ3) is 24.6. The van der Waals surface area contributed by atoms with E-state index in [0.717, 1.165) is 0 Å². The van der Waals surface area contributed by atoms with Gasteiger partial charge in [0.25, 0.3) is 0 Å². The zero-order valence-corrected chi connectivity index (χ0v) is 62.4. The van der Waals surface area contributed by atoms with Crippen LogP contribution in [0.2, 0.25) is 0 Å². The molecular formula is C61H110N12O28S5. The van der Waals surface area contributed by atoms with Crippen LogP contribution in [0.4, 0.5) is 0 Å². The van der Waals surface area contributed by atoms with Gasteiger partial charge in [0.1, 0.15) is 110 Å². The van der Waals surface area contributed by atoms with Crippen LogP contribution in [0.5, 0.6) is 0 Å². The molecule has 14 heterocycles. The number of thiocarbonyl (C=S) groups is 5. The van der Waals surface area contributed by atoms with E-state index in [4.69, 9.17) is 108 Å². The van der Waals surface area contributed by atoms with Gasteiger partial charge in [0, 0.05) is 117 Å². The van der Waals surface area contributed by atoms with Gasteiger partial charge in [0.05, 0.1) is 50.8 Å². The molecule has 28 N–H and O–H groups in total. The van der Waals surface area contributed by atoms with Crippen molar-refractivity contribution < 1.29 is 139 Å². The summed E-state index contributed by atoms with van der Waals surface area (Å²) >= 11 is 28.1. The molecule has 45 heteroatoms. The second-order valence-corrected chi connectivity index (χ2v) is 29.2. The lowest BCUT2D eigenvalue weighted by Gasteiger charge is -2.47. The summed E-state index contributed by atoms with van der Waals surface area (Å²) in [6.45, 7) is 1.68. The minimum atomic E-state index is -1.64. The third-order valence-electron chi connectivity index (χ3n) is 19.9. The number of ether oxygens (including phenoxy) is 10. The Kier molecular flexibility index (Phi) is 36.9. The van der Waals surface area contributed by atoms with E-state index < -0.39 is 210 Å². The number of hydrogen-bond donors (Lipinski definition) is 28. The van der Waals surface area contributed by atoms with E-state index in [2.05, 4.69) is 58.1 Å². The van der Waals surface area contributed by atoms with E-state index in [1.165, 1.54) is 0 Å². The van der Waals surface area contributed by atoms with Gasteiger partial charge in [0.15, 0.2) is 63.2 Å². The SMILES string of the molecule is OCC1OC(NC(=S)NCCN(CCNC(=S)NCCN(CCNC(=S)NCC2OC3OC4C(CO)OC(OCCCCC2C(O)C3O)C(O)C4O)CCNC(=S)NCC2OC3OC4C(CO)OC(OCCCCC2C(O)C3O)C(O)C4O)CCNC(=S)NC2OC(CO)C(O)C(O)C2O)C(O)C(O)C1O. The lowest BCUT2D eigenvalue weighted by atomic mass is 9.84. The van der Waals surface area contributed by atoms with Crippen molar-refractivity contribution in [2.45, 2.75) is 210 Å². The fourth-order valence-corrected chi connectivity index (χ4v) is 14.7. The topological polar surface area (TPSA) is 583 Å². The molecule has 0 aliphatic carbocycles. The fourth-order valence-electron chi connectivity index (χ4n) is 13.7. The molecule has 14 aliphatic rings. The van der Waals surface area contributed by atoms with Gasteiger partial charge in [-0.15, -0.1) is 0 Å². The minimum absolute atomic E-state index is 0.0266. The molecule has 0 amide bonds. The molecule has 0 radical (unpaired) electrons. The summed E-state index contributed by atoms with van der Waals surface area (Å²) in [5.74, 6) is -1.22. The molecule has 40 nitrogen and oxygen atoms in total. The molecule has 0 aromatic rings. The first kappa shape index (κ1) is 88.8. The zero-order chi connectivity index (χ0) is 76.9. The first-order valence-electron chi connectivity index (χ1n) is 35.8. The highest BCUT2D eigenvalue weighted by Crippen LogP contribution is 2.37. The molecule has 0 aromatic carbocycles. The molecule has 30 unspecified atom stereocenters. The summed E-state index contributed by atoms with van der Waals surface area (Å²) in [4.78, 5) is 4.08. The van der Waals surface area contributed by atoms with Crippen LogP contribution in [0, 0.1) is 11.8 Å². The Labute approximate surface area is 639 Å². The molecule has 30 atom stereocenters. The number of rotatable bonds is 28. The molecule has 106 heavy (non-hydrogen) atoms. The average molecular weight is 1620 g/mol. The maximum absolute atomic E-state index is 11.5. The van der Waals surface area contributed by atoms with Crippen molar-refractivity contribution in [1.82, 2.24) is 63.0 Å². The van der Waals surface area contributed by atoms with E-state index in [9.17, 15) is 91.9 Å². The van der Waals surface area contributed by atoms with Crippen LogP contribution in [-0.4, -0.2) is 430 Å². The maximum Gasteiger partial charge on any atom is 0.186 e. The average Bonchev–Trinajstić information content (AvgIpc) is 0.783. The molecule has 14 saturated heterocycles. The quantitative estimate of drug-likeness (QED) is 0.0324. The van der Waals surface area contributed by atoms with Crippen molar-refractivity contribution >= 4 is 86.7 Å². The lowest BCUT2D eigenvalue weighted by Crippen LogP contribution is -2.64. The van der Waals surface area contributed by atoms with Crippen molar-refractivity contribution in [3.8, 4) is 0 Å². The van der Waals surface area contributed by atoms with Crippen LogP contribution >= 0.6 is 61.1 Å². The molecule has 612 valence electrons. The number of hydrogen-bond acceptors (Lipinski definition) is 35. The van der Waals surface area contributed by atoms with E-state index in [-0.39, 0.29) is 59.8 Å². The minimum Gasteiger partial charge on any atom is -0.394 e. The highest BCUT2D eigenvalue weighted by Gasteiger charge is 2.54. The summed E-state index contributed by atoms with van der Waals surface area (Å²) < 4.78 is 58.5. The summed E-state index contributed by atoms with van der Waals surface area (Å²) in [6.07, 6.45) is -36.2. The van der Waals surface area contributed by atoms with Crippen LogP contribution in [0.3, 0.4) is 0 Å². The van der Waals surface area contributed by atoms with Gasteiger partial charge in [-0.2, -0.15) is 0 Å². The third-order valence-corrected chi connectivity index (χ3v) is 21.3. The van der Waals surface area contributed by atoms with E-state index in [0.29, 0.717) is 109 Å². The number of aliphatic hydroxyl groups is 18. The van der Waals surface area contributed by atoms with Crippen molar-refractivity contribution in [2.75, 3.05) is 131 Å². The van der Waals surface area contributed by atoms with Gasteiger partial charge in [-0.1, -0.05) is 12.8 Å². The van der Waals surface area contributed by atoms with Gasteiger partial charge >= 0.3 is 0 Å². The zero-order valence-electron chi connectivity index (χ0n) is 58.3. The lowest BCUT2D eigenvalue weighted by molar-refractivity contribution is -0.355. The van der Waals surface area contributed by atoms with Gasteiger partial charge in [-0.25, -0.2) is 0 Å². The van der Waals surface area contributed by atoms with Crippen LogP contribution in [0.15, 0.2) is 0 Å². The molecule has 8 bridgehead atoms. The number of nitrogens with one attached hydrogen (secondary N) is 10. The Morgan fingerprint density at radius 3 is 0.925 bits per heavy atom. The Balaban J connectivity index is 0.868. The van der Waals surface area contributed by atoms with Gasteiger partial charge in [-0.05, 0) is 86.8 Å². The number of aliphatic hydroxyl groups excluding tert-OH is 18. The van der Waals surface area contributed by atoms with E-state index in [1.807, 2.05) is 4.90 Å². The Hall–Kier alpha value is -2.75. The molecule has 0 aromatic heterocycles. The Bertz CT molecular complexity index is 2530. The highest BCUT2D eigenvalue weighted by molar-refractivity contribution is 7.81. The van der Waals surface area contributed by atoms with Crippen LogP contribution in [0.1, 0.15) is 38.5 Å². The van der Waals surface area contributed by atoms with Crippen LogP contribution in [0.25, 0.3) is 0 Å². The molecule has 14 rings (SSSR count). The Morgan fingerprint density at radius 2 is 0.594 bits per heavy atom. The maximum atomic E-state index is 11.5. The van der Waals surface area contributed by atoms with Crippen molar-refractivity contribution in [2.24, 2.45) is 11.8 Å². The van der Waals surface area contributed by atoms with Gasteiger partial charge in [0.2, 0.25) is 0 Å². The number of nitrogens with zero attached hydrogens (tertiary/aromatic N) is 2. The van der Waals surface area contributed by atoms with E-state index >= 15 is 0 Å². The molecular weight excluding hydrogens is 1510 g/mol. The first-order valence-corrected chi connectivity index (χ1v) is 37.8. The molecule has 0 spiro atoms. The normalized spacial score (nSPS) is 39.4. The van der Waals surface area contributed by atoms with Crippen LogP contribution < -0.4 is 53.2 Å². The van der Waals surface area contributed by atoms with Gasteiger partial charge in [-0.3, -0.25) is 9.80 Å². The monoisotopic (exact) mass is 1620 g/mol. The molecule has 0 saturated carbocycles. The van der Waals surface area contributed by atoms with Crippen LogP contribution in [-0.2, 0) is 47.4 Å². The van der Waals surface area contributed by atoms with Crippen molar-refractivity contribution in [3.05, 3.63) is 0 Å². The van der Waals surface area contributed by atoms with Crippen molar-refractivity contribution in [1.29, 1.82) is 0 Å². The molecule has 14 fully saturated rings. The van der Waals surface area contributed by atoms with Crippen molar-refractivity contribution in [3.63, 3.8) is 0 Å². The summed E-state index contributed by atoms with van der Waals surface area (Å²) in [5.41, 5.74) is 0. The Morgan fingerprint density at radius 1 is 0.292 bits per heavy atom. The second kappa shape index (κ2) is 44.1. The second-order valence-electron chi connectivity index (χ2n) is 27.2. The first-order chi connectivity index (χ1) is 50.8.